The first-order valence-corrected chi connectivity index (χ1v) is 6.65. The van der Waals surface area contributed by atoms with Crippen molar-refractivity contribution in [2.24, 2.45) is 5.92 Å². The van der Waals surface area contributed by atoms with Gasteiger partial charge in [-0.05, 0) is 23.6 Å². The standard InChI is InChI=1S/C15H20N2O2/c1-10(2)15(19)16-9-11-4-6-13-12(8-11)5-7-14(18)17(13)3/h4,6,8,10H,5,7,9H2,1-3H3,(H,16,19). The van der Waals surface area contributed by atoms with Gasteiger partial charge in [0.2, 0.25) is 11.8 Å². The van der Waals surface area contributed by atoms with Crippen LogP contribution in [0.5, 0.6) is 0 Å². The highest BCUT2D eigenvalue weighted by atomic mass is 16.2. The Morgan fingerprint density at radius 2 is 2.11 bits per heavy atom. The van der Waals surface area contributed by atoms with Crippen molar-refractivity contribution in [3.63, 3.8) is 0 Å². The monoisotopic (exact) mass is 260 g/mol. The third-order valence-electron chi connectivity index (χ3n) is 3.48. The van der Waals surface area contributed by atoms with Gasteiger partial charge in [0.25, 0.3) is 0 Å². The number of hydrogen-bond acceptors (Lipinski definition) is 2. The van der Waals surface area contributed by atoms with Crippen LogP contribution in [0.1, 0.15) is 31.4 Å². The molecule has 102 valence electrons. The molecule has 19 heavy (non-hydrogen) atoms. The zero-order chi connectivity index (χ0) is 14.0. The summed E-state index contributed by atoms with van der Waals surface area (Å²) in [7, 11) is 1.81. The van der Waals surface area contributed by atoms with E-state index in [0.717, 1.165) is 17.7 Å². The van der Waals surface area contributed by atoms with Gasteiger partial charge in [-0.2, -0.15) is 0 Å². The Morgan fingerprint density at radius 3 is 2.79 bits per heavy atom. The third-order valence-corrected chi connectivity index (χ3v) is 3.48. The summed E-state index contributed by atoms with van der Waals surface area (Å²) in [4.78, 5) is 24.8. The molecule has 1 aliphatic heterocycles. The normalized spacial score (nSPS) is 14.5. The van der Waals surface area contributed by atoms with Gasteiger partial charge in [-0.25, -0.2) is 0 Å². The number of nitrogens with zero attached hydrogens (tertiary/aromatic N) is 1. The molecule has 0 unspecified atom stereocenters. The largest absolute Gasteiger partial charge is 0.352 e. The van der Waals surface area contributed by atoms with Gasteiger partial charge in [0, 0.05) is 31.6 Å². The number of nitrogens with one attached hydrogen (secondary N) is 1. The van der Waals surface area contributed by atoms with Gasteiger partial charge in [0.05, 0.1) is 0 Å². The molecule has 1 heterocycles. The predicted octanol–water partition coefficient (Wildman–Crippen LogP) is 1.87. The molecule has 0 saturated carbocycles. The van der Waals surface area contributed by atoms with E-state index in [9.17, 15) is 9.59 Å². The summed E-state index contributed by atoms with van der Waals surface area (Å²) in [6.07, 6.45) is 1.34. The minimum Gasteiger partial charge on any atom is -0.352 e. The molecule has 4 heteroatoms. The van der Waals surface area contributed by atoms with E-state index in [4.69, 9.17) is 0 Å². The molecule has 2 amide bonds. The highest BCUT2D eigenvalue weighted by Gasteiger charge is 2.20. The molecular weight excluding hydrogens is 240 g/mol. The van der Waals surface area contributed by atoms with Crippen LogP contribution in [0.3, 0.4) is 0 Å². The Balaban J connectivity index is 2.09. The van der Waals surface area contributed by atoms with Crippen molar-refractivity contribution in [3.05, 3.63) is 29.3 Å². The van der Waals surface area contributed by atoms with Gasteiger partial charge in [0.1, 0.15) is 0 Å². The first-order valence-electron chi connectivity index (χ1n) is 6.65. The number of aryl methyl sites for hydroxylation is 1. The number of benzene rings is 1. The summed E-state index contributed by atoms with van der Waals surface area (Å²) in [5.74, 6) is 0.222. The van der Waals surface area contributed by atoms with E-state index in [1.165, 1.54) is 5.56 Å². The lowest BCUT2D eigenvalue weighted by atomic mass is 9.99. The molecule has 0 fully saturated rings. The summed E-state index contributed by atoms with van der Waals surface area (Å²) < 4.78 is 0. The number of carbonyl (C=O) groups excluding carboxylic acids is 2. The zero-order valence-electron chi connectivity index (χ0n) is 11.7. The lowest BCUT2D eigenvalue weighted by Crippen LogP contribution is -2.31. The SMILES string of the molecule is CC(C)C(=O)NCc1ccc2c(c1)CCC(=O)N2C. The molecule has 0 atom stereocenters. The Hall–Kier alpha value is -1.84. The maximum absolute atomic E-state index is 11.6. The van der Waals surface area contributed by atoms with Gasteiger partial charge >= 0.3 is 0 Å². The smallest absolute Gasteiger partial charge is 0.227 e. The molecule has 0 saturated heterocycles. The summed E-state index contributed by atoms with van der Waals surface area (Å²) in [5, 5.41) is 2.91. The van der Waals surface area contributed by atoms with Crippen LogP contribution in [0, 0.1) is 5.92 Å². The highest BCUT2D eigenvalue weighted by molar-refractivity contribution is 5.95. The van der Waals surface area contributed by atoms with Gasteiger partial charge in [-0.3, -0.25) is 9.59 Å². The topological polar surface area (TPSA) is 49.4 Å². The van der Waals surface area contributed by atoms with E-state index in [0.29, 0.717) is 13.0 Å². The van der Waals surface area contributed by atoms with E-state index >= 15 is 0 Å². The molecule has 0 bridgehead atoms. The van der Waals surface area contributed by atoms with Gasteiger partial charge < -0.3 is 10.2 Å². The summed E-state index contributed by atoms with van der Waals surface area (Å²) in [5.41, 5.74) is 3.24. The van der Waals surface area contributed by atoms with E-state index < -0.39 is 0 Å². The molecule has 1 aromatic rings. The quantitative estimate of drug-likeness (QED) is 0.902. The Morgan fingerprint density at radius 1 is 1.37 bits per heavy atom. The predicted molar refractivity (Wildman–Crippen MR) is 74.9 cm³/mol. The van der Waals surface area contributed by atoms with Crippen molar-refractivity contribution in [2.75, 3.05) is 11.9 Å². The average molecular weight is 260 g/mol. The maximum Gasteiger partial charge on any atom is 0.227 e. The number of anilines is 1. The molecule has 1 aromatic carbocycles. The van der Waals surface area contributed by atoms with Gasteiger partial charge in [0.15, 0.2) is 0 Å². The molecule has 0 aliphatic carbocycles. The van der Waals surface area contributed by atoms with Crippen molar-refractivity contribution in [1.82, 2.24) is 5.32 Å². The molecule has 0 aromatic heterocycles. The minimum absolute atomic E-state index is 0.00128. The second kappa shape index (κ2) is 5.43. The Kier molecular flexibility index (Phi) is 3.88. The number of amides is 2. The summed E-state index contributed by atoms with van der Waals surface area (Å²) in [6, 6.07) is 6.01. The fourth-order valence-corrected chi connectivity index (χ4v) is 2.21. The maximum atomic E-state index is 11.6. The molecule has 1 aliphatic rings. The summed E-state index contributed by atoms with van der Waals surface area (Å²) >= 11 is 0. The summed E-state index contributed by atoms with van der Waals surface area (Å²) in [6.45, 7) is 4.30. The number of carbonyl (C=O) groups is 2. The van der Waals surface area contributed by atoms with Crippen LogP contribution in [0.15, 0.2) is 18.2 Å². The Bertz CT molecular complexity index is 509. The molecule has 2 rings (SSSR count). The second-order valence-electron chi connectivity index (χ2n) is 5.29. The van der Waals surface area contributed by atoms with Crippen LogP contribution >= 0.6 is 0 Å². The van der Waals surface area contributed by atoms with Crippen LogP contribution < -0.4 is 10.2 Å². The molecule has 4 nitrogen and oxygen atoms in total. The van der Waals surface area contributed by atoms with Gasteiger partial charge in [-0.1, -0.05) is 26.0 Å². The molecule has 0 radical (unpaired) electrons. The first-order chi connectivity index (χ1) is 8.99. The fourth-order valence-electron chi connectivity index (χ4n) is 2.21. The average Bonchev–Trinajstić information content (AvgIpc) is 2.40. The number of rotatable bonds is 3. The van der Waals surface area contributed by atoms with Crippen LogP contribution in [0.25, 0.3) is 0 Å². The van der Waals surface area contributed by atoms with Crippen molar-refractivity contribution in [1.29, 1.82) is 0 Å². The first kappa shape index (κ1) is 13.6. The van der Waals surface area contributed by atoms with E-state index in [1.54, 1.807) is 11.9 Å². The van der Waals surface area contributed by atoms with Crippen molar-refractivity contribution >= 4 is 17.5 Å². The van der Waals surface area contributed by atoms with E-state index in [-0.39, 0.29) is 17.7 Å². The van der Waals surface area contributed by atoms with Crippen molar-refractivity contribution in [3.8, 4) is 0 Å². The fraction of sp³-hybridized carbons (Fsp3) is 0.467. The number of hydrogen-bond donors (Lipinski definition) is 1. The van der Waals surface area contributed by atoms with Crippen molar-refractivity contribution in [2.45, 2.75) is 33.2 Å². The lowest BCUT2D eigenvalue weighted by molar-refractivity contribution is -0.124. The zero-order valence-corrected chi connectivity index (χ0v) is 11.7. The van der Waals surface area contributed by atoms with Crippen LogP contribution in [-0.2, 0) is 22.6 Å². The van der Waals surface area contributed by atoms with Crippen LogP contribution in [0.2, 0.25) is 0 Å². The minimum atomic E-state index is 0.00128. The molecular formula is C15H20N2O2. The van der Waals surface area contributed by atoms with E-state index in [2.05, 4.69) is 11.4 Å². The molecule has 0 spiro atoms. The number of fused-ring (bicyclic) bond motifs is 1. The van der Waals surface area contributed by atoms with Gasteiger partial charge in [-0.15, -0.1) is 0 Å². The highest BCUT2D eigenvalue weighted by Crippen LogP contribution is 2.27. The molecule has 1 N–H and O–H groups in total. The van der Waals surface area contributed by atoms with Crippen molar-refractivity contribution < 1.29 is 9.59 Å². The Labute approximate surface area is 113 Å². The lowest BCUT2D eigenvalue weighted by Gasteiger charge is -2.26. The van der Waals surface area contributed by atoms with E-state index in [1.807, 2.05) is 26.0 Å². The third kappa shape index (κ3) is 2.95. The van der Waals surface area contributed by atoms with Crippen LogP contribution in [-0.4, -0.2) is 18.9 Å². The second-order valence-corrected chi connectivity index (χ2v) is 5.29. The van der Waals surface area contributed by atoms with Crippen LogP contribution in [0.4, 0.5) is 5.69 Å².